The molecule has 0 aliphatic rings. The van der Waals surface area contributed by atoms with Crippen LogP contribution in [0.2, 0.25) is 5.15 Å². The first kappa shape index (κ1) is 13.1. The van der Waals surface area contributed by atoms with Crippen LogP contribution in [-0.2, 0) is 0 Å². The molecule has 0 saturated heterocycles. The molecule has 1 aromatic carbocycles. The number of carboxylic acids is 1. The van der Waals surface area contributed by atoms with E-state index in [2.05, 4.69) is 20.9 Å². The van der Waals surface area contributed by atoms with Crippen molar-refractivity contribution in [2.24, 2.45) is 0 Å². The highest BCUT2D eigenvalue weighted by atomic mass is 79.9. The number of nitrogens with zero attached hydrogens (tertiary/aromatic N) is 2. The van der Waals surface area contributed by atoms with Gasteiger partial charge in [-0.05, 0) is 28.4 Å². The number of rotatable bonds is 3. The van der Waals surface area contributed by atoms with Gasteiger partial charge in [0.05, 0.1) is 6.04 Å². The Bertz CT molecular complexity index is 583. The average Bonchev–Trinajstić information content (AvgIpc) is 2.64. The molecular formula is C12H10BrClN2O2. The van der Waals surface area contributed by atoms with Gasteiger partial charge >= 0.3 is 5.97 Å². The minimum absolute atomic E-state index is 0.0140. The lowest BCUT2D eigenvalue weighted by molar-refractivity contribution is 0.0684. The fraction of sp³-hybridized carbons (Fsp3) is 0.167. The van der Waals surface area contributed by atoms with Gasteiger partial charge in [-0.25, -0.2) is 9.78 Å². The van der Waals surface area contributed by atoms with Crippen LogP contribution >= 0.6 is 27.5 Å². The molecule has 0 fully saturated rings. The van der Waals surface area contributed by atoms with Crippen LogP contribution in [0.5, 0.6) is 0 Å². The number of aromatic carboxylic acids is 1. The maximum absolute atomic E-state index is 11.2. The van der Waals surface area contributed by atoms with Crippen molar-refractivity contribution in [1.82, 2.24) is 9.55 Å². The quantitative estimate of drug-likeness (QED) is 0.936. The topological polar surface area (TPSA) is 55.1 Å². The molecule has 4 nitrogen and oxygen atoms in total. The number of hydrogen-bond donors (Lipinski definition) is 1. The highest BCUT2D eigenvalue weighted by molar-refractivity contribution is 9.10. The molecule has 0 unspecified atom stereocenters. The maximum atomic E-state index is 11.2. The molecular weight excluding hydrogens is 320 g/mol. The summed E-state index contributed by atoms with van der Waals surface area (Å²) in [6, 6.07) is 9.39. The Morgan fingerprint density at radius 3 is 2.61 bits per heavy atom. The van der Waals surface area contributed by atoms with E-state index in [1.807, 2.05) is 37.3 Å². The van der Waals surface area contributed by atoms with Crippen molar-refractivity contribution in [3.8, 4) is 0 Å². The van der Waals surface area contributed by atoms with Gasteiger partial charge in [0.1, 0.15) is 0 Å². The van der Waals surface area contributed by atoms with Gasteiger partial charge < -0.3 is 9.67 Å². The predicted molar refractivity (Wildman–Crippen MR) is 72.2 cm³/mol. The van der Waals surface area contributed by atoms with Crippen LogP contribution < -0.4 is 0 Å². The molecule has 0 saturated carbocycles. The average molecular weight is 330 g/mol. The van der Waals surface area contributed by atoms with Crippen molar-refractivity contribution in [3.05, 3.63) is 51.5 Å². The fourth-order valence-corrected chi connectivity index (χ4v) is 2.82. The second-order valence-corrected chi connectivity index (χ2v) is 4.85. The smallest absolute Gasteiger partial charge is 0.355 e. The third kappa shape index (κ3) is 2.28. The van der Waals surface area contributed by atoms with Gasteiger partial charge in [0.2, 0.25) is 0 Å². The van der Waals surface area contributed by atoms with E-state index in [-0.39, 0.29) is 16.9 Å². The van der Waals surface area contributed by atoms with Gasteiger partial charge in [-0.1, -0.05) is 41.9 Å². The molecule has 0 amide bonds. The van der Waals surface area contributed by atoms with Crippen LogP contribution in [-0.4, -0.2) is 20.6 Å². The number of carboxylic acid groups (broad SMARTS) is 1. The summed E-state index contributed by atoms with van der Waals surface area (Å²) < 4.78 is 1.96. The summed E-state index contributed by atoms with van der Waals surface area (Å²) in [7, 11) is 0. The molecule has 6 heteroatoms. The van der Waals surface area contributed by atoms with Crippen LogP contribution in [0, 0.1) is 0 Å². The molecule has 0 bridgehead atoms. The van der Waals surface area contributed by atoms with Crippen LogP contribution in [0.3, 0.4) is 0 Å². The fourth-order valence-electron chi connectivity index (χ4n) is 1.80. The first-order chi connectivity index (χ1) is 8.52. The van der Waals surface area contributed by atoms with Crippen molar-refractivity contribution >= 4 is 33.5 Å². The van der Waals surface area contributed by atoms with Crippen molar-refractivity contribution in [2.75, 3.05) is 0 Å². The van der Waals surface area contributed by atoms with E-state index in [4.69, 9.17) is 11.6 Å². The SMILES string of the molecule is C[C@H](c1ccccc1)n1c(Br)nc(Cl)c1C(=O)O. The molecule has 0 radical (unpaired) electrons. The number of aromatic nitrogens is 2. The van der Waals surface area contributed by atoms with Crippen molar-refractivity contribution in [3.63, 3.8) is 0 Å². The van der Waals surface area contributed by atoms with Gasteiger partial charge in [-0.3, -0.25) is 0 Å². The normalized spacial score (nSPS) is 12.4. The van der Waals surface area contributed by atoms with Crippen molar-refractivity contribution in [2.45, 2.75) is 13.0 Å². The predicted octanol–water partition coefficient (Wildman–Crippen LogP) is 3.61. The van der Waals surface area contributed by atoms with E-state index in [1.54, 1.807) is 4.57 Å². The zero-order valence-electron chi connectivity index (χ0n) is 9.47. The van der Waals surface area contributed by atoms with Gasteiger partial charge in [0.15, 0.2) is 15.6 Å². The van der Waals surface area contributed by atoms with E-state index in [0.717, 1.165) is 5.56 Å². The summed E-state index contributed by atoms with van der Waals surface area (Å²) >= 11 is 9.07. The Morgan fingerprint density at radius 1 is 1.44 bits per heavy atom. The molecule has 0 spiro atoms. The summed E-state index contributed by atoms with van der Waals surface area (Å²) in [5.41, 5.74) is 0.967. The number of hydrogen-bond acceptors (Lipinski definition) is 2. The van der Waals surface area contributed by atoms with Gasteiger partial charge in [0.25, 0.3) is 0 Å². The summed E-state index contributed by atoms with van der Waals surface area (Å²) in [4.78, 5) is 15.2. The molecule has 2 rings (SSSR count). The zero-order chi connectivity index (χ0) is 13.3. The molecule has 1 N–H and O–H groups in total. The van der Waals surface area contributed by atoms with Crippen molar-refractivity contribution < 1.29 is 9.90 Å². The molecule has 0 aliphatic carbocycles. The van der Waals surface area contributed by atoms with Crippen LogP contribution in [0.1, 0.15) is 29.0 Å². The van der Waals surface area contributed by atoms with E-state index in [1.165, 1.54) is 0 Å². The summed E-state index contributed by atoms with van der Waals surface area (Å²) in [6.07, 6.45) is 0. The summed E-state index contributed by atoms with van der Waals surface area (Å²) in [5.74, 6) is -1.10. The minimum Gasteiger partial charge on any atom is -0.476 e. The number of benzene rings is 1. The zero-order valence-corrected chi connectivity index (χ0v) is 11.8. The van der Waals surface area contributed by atoms with Crippen LogP contribution in [0.25, 0.3) is 0 Å². The third-order valence-corrected chi connectivity index (χ3v) is 3.52. The highest BCUT2D eigenvalue weighted by Gasteiger charge is 2.24. The Balaban J connectivity index is 2.55. The first-order valence-electron chi connectivity index (χ1n) is 5.24. The van der Waals surface area contributed by atoms with E-state index < -0.39 is 5.97 Å². The minimum atomic E-state index is -1.10. The third-order valence-electron chi connectivity index (χ3n) is 2.70. The largest absolute Gasteiger partial charge is 0.476 e. The van der Waals surface area contributed by atoms with Gasteiger partial charge in [-0.15, -0.1) is 0 Å². The van der Waals surface area contributed by atoms with E-state index >= 15 is 0 Å². The van der Waals surface area contributed by atoms with Gasteiger partial charge in [-0.2, -0.15) is 0 Å². The lowest BCUT2D eigenvalue weighted by Crippen LogP contribution is -2.14. The molecule has 1 aromatic heterocycles. The second kappa shape index (κ2) is 5.12. The monoisotopic (exact) mass is 328 g/mol. The molecule has 18 heavy (non-hydrogen) atoms. The Labute approximate surface area is 117 Å². The van der Waals surface area contributed by atoms with E-state index in [0.29, 0.717) is 4.73 Å². The van der Waals surface area contributed by atoms with Crippen LogP contribution in [0.15, 0.2) is 35.1 Å². The van der Waals surface area contributed by atoms with Gasteiger partial charge in [0, 0.05) is 0 Å². The standard InChI is InChI=1S/C12H10BrClN2O2/c1-7(8-5-3-2-4-6-8)16-9(11(17)18)10(14)15-12(16)13/h2-7H,1H3,(H,17,18)/t7-/m1/s1. The first-order valence-corrected chi connectivity index (χ1v) is 6.41. The lowest BCUT2D eigenvalue weighted by Gasteiger charge is -2.16. The Morgan fingerprint density at radius 2 is 2.06 bits per heavy atom. The summed E-state index contributed by atoms with van der Waals surface area (Å²) in [5, 5.41) is 9.17. The molecule has 0 aliphatic heterocycles. The molecule has 1 heterocycles. The summed E-state index contributed by atoms with van der Waals surface area (Å²) in [6.45, 7) is 1.89. The highest BCUT2D eigenvalue weighted by Crippen LogP contribution is 2.29. The second-order valence-electron chi connectivity index (χ2n) is 3.78. The maximum Gasteiger partial charge on any atom is 0.355 e. The Hall–Kier alpha value is -1.33. The van der Waals surface area contributed by atoms with Crippen LogP contribution in [0.4, 0.5) is 0 Å². The molecule has 1 atom stereocenters. The molecule has 2 aromatic rings. The lowest BCUT2D eigenvalue weighted by atomic mass is 10.1. The van der Waals surface area contributed by atoms with Crippen molar-refractivity contribution in [1.29, 1.82) is 0 Å². The number of halogens is 2. The number of carbonyl (C=O) groups is 1. The van der Waals surface area contributed by atoms with E-state index in [9.17, 15) is 9.90 Å². The molecule has 94 valence electrons. The number of imidazole rings is 1. The Kier molecular flexibility index (Phi) is 3.73.